The van der Waals surface area contributed by atoms with E-state index in [9.17, 15) is 14.4 Å². The zero-order valence-electron chi connectivity index (χ0n) is 17.5. The van der Waals surface area contributed by atoms with Crippen LogP contribution >= 0.6 is 11.6 Å². The summed E-state index contributed by atoms with van der Waals surface area (Å²) in [6.07, 6.45) is -0.210. The predicted molar refractivity (Wildman–Crippen MR) is 113 cm³/mol. The van der Waals surface area contributed by atoms with Crippen molar-refractivity contribution in [3.8, 4) is 11.5 Å². The number of esters is 2. The van der Waals surface area contributed by atoms with Crippen LogP contribution < -0.4 is 9.47 Å². The molecule has 0 aliphatic carbocycles. The molecule has 0 N–H and O–H groups in total. The molecule has 0 amide bonds. The van der Waals surface area contributed by atoms with E-state index in [4.69, 9.17) is 30.5 Å². The molecule has 0 bridgehead atoms. The van der Waals surface area contributed by atoms with E-state index in [-0.39, 0.29) is 31.2 Å². The van der Waals surface area contributed by atoms with Gasteiger partial charge in [0.05, 0.1) is 26.2 Å². The van der Waals surface area contributed by atoms with Gasteiger partial charge in [-0.25, -0.2) is 9.59 Å². The highest BCUT2D eigenvalue weighted by molar-refractivity contribution is 6.30. The van der Waals surface area contributed by atoms with E-state index in [2.05, 4.69) is 0 Å². The Balaban J connectivity index is 2.10. The average molecular weight is 447 g/mol. The lowest BCUT2D eigenvalue weighted by atomic mass is 9.79. The Morgan fingerprint density at radius 2 is 1.71 bits per heavy atom. The molecule has 1 atom stereocenters. The van der Waals surface area contributed by atoms with Crippen molar-refractivity contribution in [2.24, 2.45) is 0 Å². The molecule has 31 heavy (non-hydrogen) atoms. The first-order valence-electron chi connectivity index (χ1n) is 9.87. The number of methoxy groups -OCH3 is 1. The first-order valence-corrected chi connectivity index (χ1v) is 10.2. The number of ketones is 1. The fourth-order valence-corrected chi connectivity index (χ4v) is 3.81. The summed E-state index contributed by atoms with van der Waals surface area (Å²) in [5, 5.41) is 0.379. The van der Waals surface area contributed by atoms with E-state index < -0.39 is 23.5 Å². The number of benzene rings is 2. The lowest BCUT2D eigenvalue weighted by Gasteiger charge is -2.29. The second kappa shape index (κ2) is 9.39. The third-order valence-electron chi connectivity index (χ3n) is 5.05. The molecule has 1 heterocycles. The minimum Gasteiger partial charge on any atom is -0.497 e. The molecule has 2 aromatic rings. The zero-order chi connectivity index (χ0) is 22.6. The topological polar surface area (TPSA) is 88.1 Å². The maximum Gasteiger partial charge on any atom is 0.363 e. The largest absolute Gasteiger partial charge is 0.497 e. The van der Waals surface area contributed by atoms with Crippen LogP contribution in [0.4, 0.5) is 0 Å². The van der Waals surface area contributed by atoms with Crippen molar-refractivity contribution in [2.75, 3.05) is 20.3 Å². The van der Waals surface area contributed by atoms with Crippen molar-refractivity contribution in [3.05, 3.63) is 58.6 Å². The van der Waals surface area contributed by atoms with E-state index >= 15 is 0 Å². The van der Waals surface area contributed by atoms with Gasteiger partial charge in [0.1, 0.15) is 11.5 Å². The number of rotatable bonds is 8. The minimum atomic E-state index is -2.15. The molecule has 0 saturated carbocycles. The Hall–Kier alpha value is -3.06. The summed E-state index contributed by atoms with van der Waals surface area (Å²) in [7, 11) is 1.50. The quantitative estimate of drug-likeness (QED) is 0.344. The number of ether oxygens (including phenoxy) is 4. The average Bonchev–Trinajstić information content (AvgIpc) is 3.08. The highest BCUT2D eigenvalue weighted by Crippen LogP contribution is 2.49. The second-order valence-electron chi connectivity index (χ2n) is 6.87. The van der Waals surface area contributed by atoms with Crippen molar-refractivity contribution in [2.45, 2.75) is 31.8 Å². The van der Waals surface area contributed by atoms with Gasteiger partial charge in [-0.3, -0.25) is 4.79 Å². The van der Waals surface area contributed by atoms with Gasteiger partial charge in [-0.05, 0) is 44.2 Å². The number of hydrogen-bond donors (Lipinski definition) is 0. The molecule has 1 unspecified atom stereocenters. The Morgan fingerprint density at radius 1 is 1.03 bits per heavy atom. The van der Waals surface area contributed by atoms with Crippen LogP contribution in [0.1, 0.15) is 42.1 Å². The molecule has 0 fully saturated rings. The Kier molecular flexibility index (Phi) is 6.85. The molecule has 7 nitrogen and oxygen atoms in total. The number of Topliss-reactive ketones (excluding diaryl/α,β-unsaturated/α-hetero) is 1. The number of carbonyl (C=O) groups is 3. The number of carbonyl (C=O) groups excluding carboxylic acids is 3. The summed E-state index contributed by atoms with van der Waals surface area (Å²) in [5.74, 6) is -2.34. The van der Waals surface area contributed by atoms with Gasteiger partial charge in [0.2, 0.25) is 0 Å². The predicted octanol–water partition coefficient (Wildman–Crippen LogP) is 3.96. The first kappa shape index (κ1) is 22.6. The summed E-state index contributed by atoms with van der Waals surface area (Å²) in [6, 6.07) is 11.3. The van der Waals surface area contributed by atoms with E-state index in [1.807, 2.05) is 0 Å². The first-order chi connectivity index (χ1) is 14.9. The van der Waals surface area contributed by atoms with Crippen LogP contribution in [0.2, 0.25) is 5.02 Å². The molecular formula is C23H23ClO7. The van der Waals surface area contributed by atoms with Crippen molar-refractivity contribution < 1.29 is 33.3 Å². The molecule has 2 aromatic carbocycles. The summed E-state index contributed by atoms with van der Waals surface area (Å²) >= 11 is 6.17. The van der Waals surface area contributed by atoms with Gasteiger partial charge in [-0.15, -0.1) is 0 Å². The summed E-state index contributed by atoms with van der Waals surface area (Å²) in [5.41, 5.74) is -1.31. The fourth-order valence-electron chi connectivity index (χ4n) is 3.63. The molecule has 0 spiro atoms. The van der Waals surface area contributed by atoms with Crippen LogP contribution in [-0.2, 0) is 19.1 Å². The van der Waals surface area contributed by atoms with Crippen LogP contribution in [0.3, 0.4) is 0 Å². The Morgan fingerprint density at radius 3 is 2.32 bits per heavy atom. The maximum atomic E-state index is 13.2. The Bertz CT molecular complexity index is 983. The van der Waals surface area contributed by atoms with Gasteiger partial charge >= 0.3 is 17.5 Å². The highest BCUT2D eigenvalue weighted by Gasteiger charge is 2.63. The number of hydrogen-bond acceptors (Lipinski definition) is 7. The summed E-state index contributed by atoms with van der Waals surface area (Å²) < 4.78 is 21.4. The lowest BCUT2D eigenvalue weighted by molar-refractivity contribution is -0.180. The van der Waals surface area contributed by atoms with Gasteiger partial charge < -0.3 is 18.9 Å². The van der Waals surface area contributed by atoms with Crippen LogP contribution in [0, 0.1) is 0 Å². The van der Waals surface area contributed by atoms with Gasteiger partial charge in [0.15, 0.2) is 5.78 Å². The van der Waals surface area contributed by atoms with Crippen LogP contribution in [0.15, 0.2) is 42.5 Å². The zero-order valence-corrected chi connectivity index (χ0v) is 18.2. The fraction of sp³-hybridized carbons (Fsp3) is 0.348. The van der Waals surface area contributed by atoms with Gasteiger partial charge in [0, 0.05) is 22.6 Å². The van der Waals surface area contributed by atoms with Crippen molar-refractivity contribution in [1.29, 1.82) is 0 Å². The minimum absolute atomic E-state index is 0.0248. The summed E-state index contributed by atoms with van der Waals surface area (Å²) in [4.78, 5) is 39.3. The van der Waals surface area contributed by atoms with E-state index in [1.54, 1.807) is 56.3 Å². The summed E-state index contributed by atoms with van der Waals surface area (Å²) in [6.45, 7) is 3.28. The lowest BCUT2D eigenvalue weighted by Crippen LogP contribution is -2.55. The normalized spacial score (nSPS) is 16.1. The molecular weight excluding hydrogens is 424 g/mol. The SMILES string of the molecule is CCOC(=O)C1(C(=O)OCC)Oc2ccc(Cl)cc2C1CC(=O)c1cccc(OC)c1. The van der Waals surface area contributed by atoms with Gasteiger partial charge in [-0.2, -0.15) is 0 Å². The van der Waals surface area contributed by atoms with Crippen LogP contribution in [0.25, 0.3) is 0 Å². The van der Waals surface area contributed by atoms with Gasteiger partial charge in [-0.1, -0.05) is 23.7 Å². The van der Waals surface area contributed by atoms with Gasteiger partial charge in [0.25, 0.3) is 0 Å². The van der Waals surface area contributed by atoms with Crippen LogP contribution in [0.5, 0.6) is 11.5 Å². The third-order valence-corrected chi connectivity index (χ3v) is 5.28. The molecule has 0 saturated heterocycles. The second-order valence-corrected chi connectivity index (χ2v) is 7.31. The number of halogens is 1. The molecule has 3 rings (SSSR count). The van der Waals surface area contributed by atoms with E-state index in [1.165, 1.54) is 7.11 Å². The molecule has 164 valence electrons. The maximum absolute atomic E-state index is 13.2. The van der Waals surface area contributed by atoms with Crippen molar-refractivity contribution in [3.63, 3.8) is 0 Å². The molecule has 1 aliphatic heterocycles. The van der Waals surface area contributed by atoms with Crippen molar-refractivity contribution >= 4 is 29.3 Å². The third kappa shape index (κ3) is 4.23. The smallest absolute Gasteiger partial charge is 0.363 e. The van der Waals surface area contributed by atoms with Crippen molar-refractivity contribution in [1.82, 2.24) is 0 Å². The molecule has 1 aliphatic rings. The van der Waals surface area contributed by atoms with E-state index in [0.717, 1.165) is 0 Å². The highest BCUT2D eigenvalue weighted by atomic mass is 35.5. The molecule has 0 radical (unpaired) electrons. The Labute approximate surface area is 185 Å². The van der Waals surface area contributed by atoms with E-state index in [0.29, 0.717) is 21.9 Å². The van der Waals surface area contributed by atoms with Crippen LogP contribution in [-0.4, -0.2) is 43.6 Å². The standard InChI is InChI=1S/C23H23ClO7/c1-4-29-21(26)23(22(27)30-5-2)18(17-12-15(24)9-10-20(17)31-23)13-19(25)14-7-6-8-16(11-14)28-3/h6-12,18H,4-5,13H2,1-3H3. The number of fused-ring (bicyclic) bond motifs is 1. The monoisotopic (exact) mass is 446 g/mol. The molecule has 0 aromatic heterocycles. The molecule has 8 heteroatoms.